The zero-order chi connectivity index (χ0) is 39.2. The summed E-state index contributed by atoms with van der Waals surface area (Å²) in [5.41, 5.74) is 14.5. The Morgan fingerprint density at radius 2 is 1.36 bits per heavy atom. The first-order valence-electron chi connectivity index (χ1n) is 20.1. The summed E-state index contributed by atoms with van der Waals surface area (Å²) in [6.45, 7) is 26.9. The highest BCUT2D eigenvalue weighted by molar-refractivity contribution is 5.98. The topological polar surface area (TPSA) is 47.0 Å². The number of aromatic nitrogens is 1. The van der Waals surface area contributed by atoms with E-state index in [4.69, 9.17) is 19.5 Å². The number of ether oxygens (including phenoxy) is 2. The largest absolute Gasteiger partial charge is 0.469 e. The smallest absolute Gasteiger partial charge is 0.217 e. The van der Waals surface area contributed by atoms with Crippen molar-refractivity contribution in [1.29, 1.82) is 0 Å². The van der Waals surface area contributed by atoms with Crippen LogP contribution in [0.25, 0.3) is 11.1 Å². The first-order chi connectivity index (χ1) is 25.8. The van der Waals surface area contributed by atoms with E-state index in [2.05, 4.69) is 161 Å². The first kappa shape index (κ1) is 37.0. The maximum atomic E-state index is 6.97. The zero-order valence-corrected chi connectivity index (χ0v) is 35.0. The van der Waals surface area contributed by atoms with Crippen LogP contribution in [0, 0.1) is 34.6 Å². The van der Waals surface area contributed by atoms with E-state index in [1.165, 1.54) is 45.4 Å². The average Bonchev–Trinajstić information content (AvgIpc) is 3.38. The molecule has 2 aliphatic heterocycles. The highest BCUT2D eigenvalue weighted by Gasteiger charge is 2.53. The number of nitrogens with zero attached hydrogens (tertiary/aromatic N) is 3. The van der Waals surface area contributed by atoms with Crippen molar-refractivity contribution in [2.45, 2.75) is 131 Å². The highest BCUT2D eigenvalue weighted by atomic mass is 16.5. The van der Waals surface area contributed by atoms with Gasteiger partial charge in [-0.15, -0.1) is 0 Å². The molecule has 5 heteroatoms. The Balaban J connectivity index is 1.26. The summed E-state index contributed by atoms with van der Waals surface area (Å²) in [7, 11) is 0. The Labute approximate surface area is 328 Å². The number of pyridine rings is 1. The van der Waals surface area contributed by atoms with Crippen molar-refractivity contribution in [2.24, 2.45) is 4.99 Å². The summed E-state index contributed by atoms with van der Waals surface area (Å²) in [6, 6.07) is 26.9. The van der Waals surface area contributed by atoms with Gasteiger partial charge in [0, 0.05) is 28.8 Å². The van der Waals surface area contributed by atoms with Crippen LogP contribution in [0.4, 0.5) is 17.2 Å². The van der Waals surface area contributed by atoms with E-state index in [0.717, 1.165) is 70.2 Å². The van der Waals surface area contributed by atoms with Crippen LogP contribution in [0.5, 0.6) is 11.5 Å². The third-order valence-electron chi connectivity index (χ3n) is 12.7. The van der Waals surface area contributed by atoms with Gasteiger partial charge in [0.15, 0.2) is 0 Å². The van der Waals surface area contributed by atoms with Gasteiger partial charge in [-0.3, -0.25) is 4.90 Å². The Morgan fingerprint density at radius 1 is 0.691 bits per heavy atom. The molecule has 1 saturated carbocycles. The lowest BCUT2D eigenvalue weighted by Gasteiger charge is -2.42. The van der Waals surface area contributed by atoms with Gasteiger partial charge >= 0.3 is 0 Å². The molecule has 1 fully saturated rings. The van der Waals surface area contributed by atoms with Gasteiger partial charge in [-0.1, -0.05) is 70.9 Å². The van der Waals surface area contributed by atoms with E-state index < -0.39 is 0 Å². The molecule has 3 heterocycles. The van der Waals surface area contributed by atoms with Gasteiger partial charge in [0.2, 0.25) is 5.90 Å². The minimum atomic E-state index is -0.311. The molecule has 5 aromatic rings. The number of hydrogen-bond donors (Lipinski definition) is 0. The molecule has 0 amide bonds. The fourth-order valence-corrected chi connectivity index (χ4v) is 9.42. The maximum Gasteiger partial charge on any atom is 0.217 e. The second kappa shape index (κ2) is 12.8. The number of rotatable bonds is 5. The average molecular weight is 732 g/mol. The Morgan fingerprint density at radius 3 is 2.07 bits per heavy atom. The molecule has 2 atom stereocenters. The molecule has 284 valence electrons. The molecule has 3 aliphatic rings. The quantitative estimate of drug-likeness (QED) is 0.181. The van der Waals surface area contributed by atoms with Crippen molar-refractivity contribution in [3.63, 3.8) is 0 Å². The summed E-state index contributed by atoms with van der Waals surface area (Å²) < 4.78 is 13.8. The molecule has 0 spiro atoms. The highest BCUT2D eigenvalue weighted by Crippen LogP contribution is 2.53. The number of aryl methyl sites for hydroxylation is 5. The molecule has 1 aliphatic carbocycles. The maximum absolute atomic E-state index is 6.97. The van der Waals surface area contributed by atoms with Gasteiger partial charge in [0.25, 0.3) is 0 Å². The van der Waals surface area contributed by atoms with Crippen molar-refractivity contribution < 1.29 is 9.47 Å². The summed E-state index contributed by atoms with van der Waals surface area (Å²) in [5.74, 6) is 3.19. The van der Waals surface area contributed by atoms with Crippen LogP contribution in [0.15, 0.2) is 84.0 Å². The Bertz CT molecular complexity index is 2370. The molecule has 0 unspecified atom stereocenters. The lowest BCUT2D eigenvalue weighted by Crippen LogP contribution is -2.49. The number of aliphatic imine (C=N–C) groups is 1. The van der Waals surface area contributed by atoms with Crippen LogP contribution < -0.4 is 9.64 Å². The minimum Gasteiger partial charge on any atom is -0.469 e. The fourth-order valence-electron chi connectivity index (χ4n) is 9.42. The number of fused-ring (bicyclic) bond motifs is 3. The zero-order valence-electron chi connectivity index (χ0n) is 35.0. The molecule has 5 nitrogen and oxygen atoms in total. The molecule has 0 saturated heterocycles. The second-order valence-electron chi connectivity index (χ2n) is 18.7. The van der Waals surface area contributed by atoms with E-state index >= 15 is 0 Å². The van der Waals surface area contributed by atoms with Crippen LogP contribution in [-0.4, -0.2) is 22.0 Å². The number of benzene rings is 4. The van der Waals surface area contributed by atoms with E-state index in [0.29, 0.717) is 5.90 Å². The predicted molar refractivity (Wildman–Crippen MR) is 228 cm³/mol. The number of anilines is 3. The molecule has 0 bridgehead atoms. The Hall–Kier alpha value is -4.90. The van der Waals surface area contributed by atoms with Gasteiger partial charge in [0.05, 0.1) is 11.4 Å². The number of hydrogen-bond acceptors (Lipinski definition) is 5. The van der Waals surface area contributed by atoms with Crippen molar-refractivity contribution >= 4 is 23.1 Å². The fraction of sp³-hybridized carbons (Fsp3) is 0.400. The molecule has 8 rings (SSSR count). The van der Waals surface area contributed by atoms with Crippen molar-refractivity contribution in [2.75, 3.05) is 4.90 Å². The van der Waals surface area contributed by atoms with Crippen LogP contribution in [-0.2, 0) is 15.6 Å². The van der Waals surface area contributed by atoms with E-state index in [-0.39, 0.29) is 22.0 Å². The second-order valence-corrected chi connectivity index (χ2v) is 18.7. The van der Waals surface area contributed by atoms with Gasteiger partial charge in [0.1, 0.15) is 28.5 Å². The van der Waals surface area contributed by atoms with Gasteiger partial charge < -0.3 is 9.47 Å². The molecule has 1 aromatic heterocycles. The summed E-state index contributed by atoms with van der Waals surface area (Å²) in [6.07, 6.45) is 6.36. The van der Waals surface area contributed by atoms with E-state index in [1.54, 1.807) is 0 Å². The lowest BCUT2D eigenvalue weighted by molar-refractivity contribution is 0.000928. The monoisotopic (exact) mass is 731 g/mol. The lowest BCUT2D eigenvalue weighted by atomic mass is 9.72. The molecule has 0 radical (unpaired) electrons. The minimum absolute atomic E-state index is 0.0248. The van der Waals surface area contributed by atoms with Crippen LogP contribution in [0.1, 0.15) is 124 Å². The standard InChI is InChI=1S/C50H57N3O2/c1-30-19-33(4)44(34(5)20-30)35-24-36(46-52-49(11)17-13-14-18-50(49,12)55-46)26-40(25-35)54-39-22-31(2)21-38(28-39)53-43-16-15-37(47(6,7)8)27-41(43)48(9,10)42-23-32(3)29-51-45(42)53/h15-16,19-29H,13-14,17-18H2,1-12H3/t49-,50+/m1/s1. The van der Waals surface area contributed by atoms with Gasteiger partial charge in [-0.25, -0.2) is 9.98 Å². The molecule has 4 aromatic carbocycles. The van der Waals surface area contributed by atoms with Gasteiger partial charge in [-0.2, -0.15) is 0 Å². The van der Waals surface area contributed by atoms with E-state index in [1.807, 2.05) is 6.20 Å². The van der Waals surface area contributed by atoms with Crippen LogP contribution in [0.2, 0.25) is 0 Å². The van der Waals surface area contributed by atoms with Crippen LogP contribution in [0.3, 0.4) is 0 Å². The normalized spacial score (nSPS) is 21.3. The van der Waals surface area contributed by atoms with Crippen molar-refractivity contribution in [1.82, 2.24) is 4.98 Å². The van der Waals surface area contributed by atoms with Crippen molar-refractivity contribution in [3.8, 4) is 22.6 Å². The van der Waals surface area contributed by atoms with Crippen molar-refractivity contribution in [3.05, 3.63) is 129 Å². The summed E-state index contributed by atoms with van der Waals surface area (Å²) in [5, 5.41) is 0. The van der Waals surface area contributed by atoms with Crippen LogP contribution >= 0.6 is 0 Å². The van der Waals surface area contributed by atoms with E-state index in [9.17, 15) is 0 Å². The third-order valence-corrected chi connectivity index (χ3v) is 12.7. The third kappa shape index (κ3) is 6.34. The Kier molecular flexibility index (Phi) is 8.64. The molecular weight excluding hydrogens is 675 g/mol. The predicted octanol–water partition coefficient (Wildman–Crippen LogP) is 13.4. The molecule has 0 N–H and O–H groups in total. The first-order valence-corrected chi connectivity index (χ1v) is 20.1. The SMILES string of the molecule is Cc1cc(Oc2cc(C3=N[C@]4(C)CCCC[C@]4(C)O3)cc(-c3c(C)cc(C)cc3C)c2)cc(N2c3ccc(C(C)(C)C)cc3C(C)(C)c3cc(C)cnc32)c1. The van der Waals surface area contributed by atoms with Gasteiger partial charge in [-0.05, 0) is 160 Å². The molecule has 55 heavy (non-hydrogen) atoms. The molecular formula is C50H57N3O2. The summed E-state index contributed by atoms with van der Waals surface area (Å²) >= 11 is 0. The summed E-state index contributed by atoms with van der Waals surface area (Å²) in [4.78, 5) is 12.8.